The highest BCUT2D eigenvalue weighted by Crippen LogP contribution is 2.56. The van der Waals surface area contributed by atoms with Crippen molar-refractivity contribution in [1.29, 1.82) is 0 Å². The lowest BCUT2D eigenvalue weighted by atomic mass is 9.77. The summed E-state index contributed by atoms with van der Waals surface area (Å²) in [4.78, 5) is 14.8. The van der Waals surface area contributed by atoms with Gasteiger partial charge in [0.1, 0.15) is 5.75 Å². The van der Waals surface area contributed by atoms with E-state index >= 15 is 0 Å². The maximum atomic E-state index is 12.4. The van der Waals surface area contributed by atoms with Gasteiger partial charge >= 0.3 is 5.97 Å². The molecular weight excluding hydrogens is 382 g/mol. The number of hydrogen-bond acceptors (Lipinski definition) is 6. The van der Waals surface area contributed by atoms with E-state index in [1.165, 1.54) is 0 Å². The minimum atomic E-state index is -0.615. The van der Waals surface area contributed by atoms with E-state index in [4.69, 9.17) is 18.9 Å². The average molecular weight is 407 g/mol. The van der Waals surface area contributed by atoms with Gasteiger partial charge in [-0.3, -0.25) is 4.90 Å². The van der Waals surface area contributed by atoms with Crippen LogP contribution >= 0.6 is 0 Å². The number of methoxy groups -OCH3 is 3. The van der Waals surface area contributed by atoms with Crippen molar-refractivity contribution in [1.82, 2.24) is 4.90 Å². The lowest BCUT2D eigenvalue weighted by Crippen LogP contribution is -2.48. The monoisotopic (exact) mass is 407 g/mol. The van der Waals surface area contributed by atoms with Gasteiger partial charge < -0.3 is 18.9 Å². The van der Waals surface area contributed by atoms with Gasteiger partial charge in [-0.05, 0) is 31.0 Å². The third kappa shape index (κ3) is 2.81. The number of carbonyl (C=O) groups excluding carboxylic acids is 1. The maximum absolute atomic E-state index is 12.4. The molecule has 6 nitrogen and oxygen atoms in total. The summed E-state index contributed by atoms with van der Waals surface area (Å²) in [6.07, 6.45) is 6.13. The molecule has 1 aromatic rings. The molecular formula is C24H25NO5. The zero-order chi connectivity index (χ0) is 20.9. The smallest absolute Gasteiger partial charge is 0.332 e. The molecule has 5 rings (SSSR count). The predicted octanol–water partition coefficient (Wildman–Crippen LogP) is 2.43. The Morgan fingerprint density at radius 1 is 1.20 bits per heavy atom. The Kier molecular flexibility index (Phi) is 4.70. The third-order valence-electron chi connectivity index (χ3n) is 6.75. The fraction of sp³-hybridized carbons (Fsp3) is 0.458. The van der Waals surface area contributed by atoms with Crippen molar-refractivity contribution in [2.45, 2.75) is 49.3 Å². The van der Waals surface area contributed by atoms with Crippen molar-refractivity contribution in [2.75, 3.05) is 21.3 Å². The summed E-state index contributed by atoms with van der Waals surface area (Å²) in [5, 5.41) is 0. The van der Waals surface area contributed by atoms with Crippen LogP contribution in [0.5, 0.6) is 5.75 Å². The zero-order valence-electron chi connectivity index (χ0n) is 17.4. The van der Waals surface area contributed by atoms with Crippen LogP contribution in [-0.4, -0.2) is 62.2 Å². The van der Waals surface area contributed by atoms with Crippen molar-refractivity contribution >= 4 is 5.97 Å². The first kappa shape index (κ1) is 19.4. The van der Waals surface area contributed by atoms with E-state index < -0.39 is 5.60 Å². The van der Waals surface area contributed by atoms with Gasteiger partial charge in [0.05, 0.1) is 19.2 Å². The van der Waals surface area contributed by atoms with Crippen LogP contribution in [0.2, 0.25) is 0 Å². The molecule has 1 aliphatic carbocycles. The Morgan fingerprint density at radius 2 is 2.03 bits per heavy atom. The van der Waals surface area contributed by atoms with Gasteiger partial charge in [-0.25, -0.2) is 4.79 Å². The molecule has 0 N–H and O–H groups in total. The summed E-state index contributed by atoms with van der Waals surface area (Å²) in [6, 6.07) is 8.03. The number of carbonyl (C=O) groups is 1. The number of hydrogen-bond donors (Lipinski definition) is 0. The summed E-state index contributed by atoms with van der Waals surface area (Å²) in [5.41, 5.74) is 2.04. The van der Waals surface area contributed by atoms with Crippen molar-refractivity contribution < 1.29 is 23.7 Å². The molecule has 0 radical (unpaired) electrons. The van der Waals surface area contributed by atoms with Crippen LogP contribution in [0.4, 0.5) is 0 Å². The van der Waals surface area contributed by atoms with Crippen LogP contribution in [0.15, 0.2) is 47.6 Å². The summed E-state index contributed by atoms with van der Waals surface area (Å²) >= 11 is 0. The molecule has 0 aromatic heterocycles. The van der Waals surface area contributed by atoms with Gasteiger partial charge in [-0.2, -0.15) is 0 Å². The molecule has 3 heterocycles. The van der Waals surface area contributed by atoms with E-state index in [1.807, 2.05) is 24.3 Å². The van der Waals surface area contributed by atoms with E-state index in [9.17, 15) is 4.79 Å². The number of benzene rings is 1. The SMILES string of the molecule is COc1cccc(C#CC2=CC3CC4(OC(=O)C=C24)C2CCC(C(OC)OC)N32)c1. The van der Waals surface area contributed by atoms with Crippen molar-refractivity contribution in [3.8, 4) is 17.6 Å². The number of nitrogens with zero attached hydrogens (tertiary/aromatic N) is 1. The topological polar surface area (TPSA) is 57.2 Å². The van der Waals surface area contributed by atoms with Crippen LogP contribution in [0.1, 0.15) is 24.8 Å². The van der Waals surface area contributed by atoms with Crippen LogP contribution < -0.4 is 4.74 Å². The third-order valence-corrected chi connectivity index (χ3v) is 6.75. The van der Waals surface area contributed by atoms with Gasteiger partial charge in [0.25, 0.3) is 0 Å². The molecule has 4 aliphatic rings. The van der Waals surface area contributed by atoms with Crippen LogP contribution in [0.25, 0.3) is 0 Å². The Morgan fingerprint density at radius 3 is 2.80 bits per heavy atom. The van der Waals surface area contributed by atoms with Gasteiger partial charge in [-0.15, -0.1) is 0 Å². The Bertz CT molecular complexity index is 998. The number of rotatable bonds is 4. The van der Waals surface area contributed by atoms with E-state index in [0.717, 1.165) is 41.7 Å². The van der Waals surface area contributed by atoms with E-state index in [1.54, 1.807) is 27.4 Å². The van der Waals surface area contributed by atoms with E-state index in [0.29, 0.717) is 0 Å². The molecule has 0 amide bonds. The first-order valence-electron chi connectivity index (χ1n) is 10.3. The highest BCUT2D eigenvalue weighted by Gasteiger charge is 2.65. The summed E-state index contributed by atoms with van der Waals surface area (Å²) in [6.45, 7) is 0. The second kappa shape index (κ2) is 7.28. The molecule has 6 heteroatoms. The molecule has 156 valence electrons. The summed E-state index contributed by atoms with van der Waals surface area (Å²) in [5.74, 6) is 7.02. The van der Waals surface area contributed by atoms with Crippen molar-refractivity contribution in [3.63, 3.8) is 0 Å². The molecule has 4 unspecified atom stereocenters. The number of fused-ring (bicyclic) bond motifs is 3. The Labute approximate surface area is 176 Å². The molecule has 2 saturated heterocycles. The fourth-order valence-electron chi connectivity index (χ4n) is 5.63. The molecule has 30 heavy (non-hydrogen) atoms. The zero-order valence-corrected chi connectivity index (χ0v) is 17.4. The largest absolute Gasteiger partial charge is 0.497 e. The lowest BCUT2D eigenvalue weighted by Gasteiger charge is -2.33. The Balaban J connectivity index is 1.53. The second-order valence-electron chi connectivity index (χ2n) is 8.15. The fourth-order valence-corrected chi connectivity index (χ4v) is 5.63. The number of esters is 1. The quantitative estimate of drug-likeness (QED) is 0.434. The molecule has 0 saturated carbocycles. The minimum Gasteiger partial charge on any atom is -0.497 e. The highest BCUT2D eigenvalue weighted by atomic mass is 16.7. The van der Waals surface area contributed by atoms with Crippen LogP contribution in [0, 0.1) is 11.8 Å². The van der Waals surface area contributed by atoms with Gasteiger partial charge in [-0.1, -0.05) is 24.0 Å². The van der Waals surface area contributed by atoms with E-state index in [-0.39, 0.29) is 30.4 Å². The standard InChI is InChI=1S/C24H25NO5/c1-27-18-6-4-5-15(11-18)7-8-16-12-17-14-24(19(16)13-22(26)30-24)21-10-9-20(25(17)21)23(28-2)29-3/h4-6,11-13,17,20-21,23H,9-10,14H2,1-3H3. The number of ether oxygens (including phenoxy) is 4. The van der Waals surface area contributed by atoms with Gasteiger partial charge in [0.15, 0.2) is 11.9 Å². The predicted molar refractivity (Wildman–Crippen MR) is 110 cm³/mol. The molecule has 4 atom stereocenters. The minimum absolute atomic E-state index is 0.116. The molecule has 3 aliphatic heterocycles. The maximum Gasteiger partial charge on any atom is 0.332 e. The van der Waals surface area contributed by atoms with Gasteiger partial charge in [0.2, 0.25) is 0 Å². The highest BCUT2D eigenvalue weighted by molar-refractivity contribution is 5.90. The van der Waals surface area contributed by atoms with Gasteiger partial charge in [0, 0.05) is 49.5 Å². The molecule has 1 aromatic carbocycles. The van der Waals surface area contributed by atoms with Crippen molar-refractivity contribution in [2.24, 2.45) is 0 Å². The van der Waals surface area contributed by atoms with Crippen LogP contribution in [-0.2, 0) is 19.0 Å². The Hall–Kier alpha value is -2.59. The summed E-state index contributed by atoms with van der Waals surface area (Å²) in [7, 11) is 4.98. The lowest BCUT2D eigenvalue weighted by molar-refractivity contribution is -0.151. The molecule has 2 bridgehead atoms. The summed E-state index contributed by atoms with van der Waals surface area (Å²) < 4.78 is 22.4. The first-order chi connectivity index (χ1) is 14.6. The average Bonchev–Trinajstić information content (AvgIpc) is 3.41. The van der Waals surface area contributed by atoms with E-state index in [2.05, 4.69) is 22.8 Å². The van der Waals surface area contributed by atoms with Crippen molar-refractivity contribution in [3.05, 3.63) is 53.1 Å². The first-order valence-corrected chi connectivity index (χ1v) is 10.3. The second-order valence-corrected chi connectivity index (χ2v) is 8.15. The normalized spacial score (nSPS) is 31.5. The molecule has 2 fully saturated rings. The molecule has 1 spiro atoms. The van der Waals surface area contributed by atoms with Crippen LogP contribution in [0.3, 0.4) is 0 Å².